The predicted molar refractivity (Wildman–Crippen MR) is 103 cm³/mol. The van der Waals surface area contributed by atoms with Crippen LogP contribution in [0.3, 0.4) is 0 Å². The van der Waals surface area contributed by atoms with Crippen molar-refractivity contribution in [3.63, 3.8) is 0 Å². The van der Waals surface area contributed by atoms with Gasteiger partial charge in [0.2, 0.25) is 5.91 Å². The van der Waals surface area contributed by atoms with Crippen LogP contribution in [-0.4, -0.2) is 23.8 Å². The van der Waals surface area contributed by atoms with E-state index < -0.39 is 17.3 Å². The Morgan fingerprint density at radius 2 is 1.96 bits per heavy atom. The van der Waals surface area contributed by atoms with Crippen LogP contribution in [0, 0.1) is 11.8 Å². The fourth-order valence-corrected chi connectivity index (χ4v) is 4.99. The number of carbonyl (C=O) groups is 1. The first kappa shape index (κ1) is 19.0. The first-order valence-corrected chi connectivity index (χ1v) is 9.84. The number of nitrogens with zero attached hydrogens (tertiary/aromatic N) is 2. The van der Waals surface area contributed by atoms with E-state index >= 15 is 0 Å². The number of amides is 1. The molecule has 1 aromatic heterocycles. The van der Waals surface area contributed by atoms with E-state index in [0.29, 0.717) is 10.4 Å². The van der Waals surface area contributed by atoms with Crippen molar-refractivity contribution in [2.45, 2.75) is 31.5 Å². The number of carbonyl (C=O) groups excluding carboxylic acids is 1. The maximum Gasteiger partial charge on any atom is 0.416 e. The molecule has 1 aliphatic carbocycles. The van der Waals surface area contributed by atoms with Crippen molar-refractivity contribution < 1.29 is 18.0 Å². The zero-order valence-corrected chi connectivity index (χ0v) is 16.3. The second-order valence-corrected chi connectivity index (χ2v) is 8.66. The van der Waals surface area contributed by atoms with Crippen molar-refractivity contribution in [3.05, 3.63) is 46.8 Å². The van der Waals surface area contributed by atoms with E-state index in [1.165, 1.54) is 22.3 Å². The Hall–Kier alpha value is -2.35. The molecule has 2 atom stereocenters. The Bertz CT molecular complexity index is 964. The highest BCUT2D eigenvalue weighted by Gasteiger charge is 2.53. The first-order valence-electron chi connectivity index (χ1n) is 9.02. The first-order chi connectivity index (χ1) is 13.1. The fraction of sp³-hybridized carbons (Fsp3) is 0.400. The molecule has 1 aliphatic heterocycles. The zero-order valence-electron chi connectivity index (χ0n) is 15.5. The van der Waals surface area contributed by atoms with E-state index in [1.807, 2.05) is 13.0 Å². The molecule has 1 unspecified atom stereocenters. The van der Waals surface area contributed by atoms with E-state index in [-0.39, 0.29) is 23.7 Å². The van der Waals surface area contributed by atoms with E-state index in [9.17, 15) is 18.0 Å². The van der Waals surface area contributed by atoms with Gasteiger partial charge >= 0.3 is 6.18 Å². The van der Waals surface area contributed by atoms with E-state index in [2.05, 4.69) is 4.99 Å². The molecule has 0 spiro atoms. The summed E-state index contributed by atoms with van der Waals surface area (Å²) in [6.07, 6.45) is -2.44. The van der Waals surface area contributed by atoms with Gasteiger partial charge in [0.25, 0.3) is 0 Å². The second kappa shape index (κ2) is 6.34. The number of guanidine groups is 1. The molecule has 2 aliphatic rings. The van der Waals surface area contributed by atoms with Crippen LogP contribution in [0.25, 0.3) is 10.4 Å². The highest BCUT2D eigenvalue weighted by molar-refractivity contribution is 7.15. The van der Waals surface area contributed by atoms with Crippen molar-refractivity contribution in [1.82, 2.24) is 4.90 Å². The average molecular weight is 407 g/mol. The third-order valence-electron chi connectivity index (χ3n) is 5.57. The number of hydrogen-bond donors (Lipinski definition) is 1. The molecule has 0 radical (unpaired) electrons. The summed E-state index contributed by atoms with van der Waals surface area (Å²) in [6.45, 7) is 1.90. The number of rotatable bonds is 3. The molecule has 1 saturated carbocycles. The number of benzene rings is 1. The van der Waals surface area contributed by atoms with Crippen LogP contribution >= 0.6 is 11.3 Å². The second-order valence-electron chi connectivity index (χ2n) is 7.57. The molecule has 2 heterocycles. The van der Waals surface area contributed by atoms with Crippen molar-refractivity contribution >= 4 is 23.2 Å². The minimum Gasteiger partial charge on any atom is -0.369 e. The Labute approximate surface area is 164 Å². The average Bonchev–Trinajstić information content (AvgIpc) is 3.32. The Morgan fingerprint density at radius 3 is 2.61 bits per heavy atom. The molecule has 2 N–H and O–H groups in total. The van der Waals surface area contributed by atoms with Gasteiger partial charge in [-0.1, -0.05) is 12.1 Å². The molecule has 4 nitrogen and oxygen atoms in total. The number of halogens is 3. The monoisotopic (exact) mass is 407 g/mol. The molecule has 0 bridgehead atoms. The standard InChI is InChI=1S/C20H20F3N3OS/c1-19(16(11-6-7-11)17(27)26(2)18(24)25-19)15-9-8-14(28-15)12-4-3-5-13(10-12)20(21,22)23/h3-5,8-11,16H,6-7H2,1-2H3,(H2,24,25)/t16?,19-/m1/s1. The predicted octanol–water partition coefficient (Wildman–Crippen LogP) is 4.46. The third kappa shape index (κ3) is 3.09. The van der Waals surface area contributed by atoms with Crippen molar-refractivity contribution in [2.75, 3.05) is 7.05 Å². The molecule has 4 rings (SSSR count). The molecule has 0 saturated heterocycles. The summed E-state index contributed by atoms with van der Waals surface area (Å²) in [4.78, 5) is 20.5. The summed E-state index contributed by atoms with van der Waals surface area (Å²) in [5, 5.41) is 0. The Kier molecular flexibility index (Phi) is 4.30. The SMILES string of the molecule is CN1C(=O)C(C2CC2)[C@@](C)(c2ccc(-c3cccc(C(F)(F)F)c3)s2)N=C1N. The number of nitrogens with two attached hydrogens (primary N) is 1. The summed E-state index contributed by atoms with van der Waals surface area (Å²) >= 11 is 1.36. The van der Waals surface area contributed by atoms with Crippen molar-refractivity contribution in [3.8, 4) is 10.4 Å². The molecule has 28 heavy (non-hydrogen) atoms. The zero-order chi connectivity index (χ0) is 20.3. The van der Waals surface area contributed by atoms with E-state index in [1.54, 1.807) is 19.2 Å². The Balaban J connectivity index is 1.75. The summed E-state index contributed by atoms with van der Waals surface area (Å²) in [5.74, 6) is 0.0682. The van der Waals surface area contributed by atoms with Crippen LogP contribution in [0.1, 0.15) is 30.2 Å². The van der Waals surface area contributed by atoms with Gasteiger partial charge in [-0.25, -0.2) is 4.99 Å². The van der Waals surface area contributed by atoms with Gasteiger partial charge in [-0.2, -0.15) is 13.2 Å². The largest absolute Gasteiger partial charge is 0.416 e. The molecule has 8 heteroatoms. The number of alkyl halides is 3. The lowest BCUT2D eigenvalue weighted by Gasteiger charge is -2.40. The highest BCUT2D eigenvalue weighted by Crippen LogP contribution is 2.52. The summed E-state index contributed by atoms with van der Waals surface area (Å²) < 4.78 is 39.1. The van der Waals surface area contributed by atoms with Gasteiger partial charge in [0.15, 0.2) is 5.96 Å². The van der Waals surface area contributed by atoms with Crippen LogP contribution < -0.4 is 5.73 Å². The molecular formula is C20H20F3N3OS. The lowest BCUT2D eigenvalue weighted by atomic mass is 9.79. The maximum absolute atomic E-state index is 13.0. The number of thiophene rings is 1. The molecular weight excluding hydrogens is 387 g/mol. The summed E-state index contributed by atoms with van der Waals surface area (Å²) in [7, 11) is 1.62. The van der Waals surface area contributed by atoms with Gasteiger partial charge in [0, 0.05) is 16.8 Å². The molecule has 1 fully saturated rings. The van der Waals surface area contributed by atoms with Crippen molar-refractivity contribution in [1.29, 1.82) is 0 Å². The number of hydrogen-bond acceptors (Lipinski definition) is 4. The fourth-order valence-electron chi connectivity index (χ4n) is 3.86. The van der Waals surface area contributed by atoms with Crippen LogP contribution in [0.4, 0.5) is 13.2 Å². The smallest absolute Gasteiger partial charge is 0.369 e. The quantitative estimate of drug-likeness (QED) is 0.817. The van der Waals surface area contributed by atoms with Crippen LogP contribution in [0.2, 0.25) is 0 Å². The van der Waals surface area contributed by atoms with E-state index in [4.69, 9.17) is 5.73 Å². The molecule has 148 valence electrons. The molecule has 1 amide bonds. The van der Waals surface area contributed by atoms with E-state index in [0.717, 1.165) is 29.9 Å². The Morgan fingerprint density at radius 1 is 1.25 bits per heavy atom. The maximum atomic E-state index is 13.0. The van der Waals surface area contributed by atoms with Gasteiger partial charge < -0.3 is 5.73 Å². The lowest BCUT2D eigenvalue weighted by molar-refractivity contribution is -0.137. The topological polar surface area (TPSA) is 58.7 Å². The van der Waals surface area contributed by atoms with Gasteiger partial charge in [-0.3, -0.25) is 9.69 Å². The summed E-state index contributed by atoms with van der Waals surface area (Å²) in [5.41, 5.74) is 4.99. The molecule has 2 aromatic rings. The van der Waals surface area contributed by atoms with Gasteiger partial charge in [-0.05, 0) is 55.5 Å². The highest BCUT2D eigenvalue weighted by atomic mass is 32.1. The minimum atomic E-state index is -4.39. The van der Waals surface area contributed by atoms with Gasteiger partial charge in [0.1, 0.15) is 5.54 Å². The van der Waals surface area contributed by atoms with Gasteiger partial charge in [0.05, 0.1) is 11.5 Å². The minimum absolute atomic E-state index is 0.0495. The normalized spacial score (nSPS) is 25.8. The number of aliphatic imine (C=N–C) groups is 1. The lowest BCUT2D eigenvalue weighted by Crippen LogP contribution is -2.54. The molecule has 1 aromatic carbocycles. The van der Waals surface area contributed by atoms with Crippen molar-refractivity contribution in [2.24, 2.45) is 22.6 Å². The summed E-state index contributed by atoms with van der Waals surface area (Å²) in [6, 6.07) is 8.91. The third-order valence-corrected chi connectivity index (χ3v) is 6.93. The van der Waals surface area contributed by atoms with Gasteiger partial charge in [-0.15, -0.1) is 11.3 Å². The van der Waals surface area contributed by atoms with Crippen LogP contribution in [0.15, 0.2) is 41.4 Å². The van der Waals surface area contributed by atoms with Crippen LogP contribution in [0.5, 0.6) is 0 Å². The van der Waals surface area contributed by atoms with Crippen LogP contribution in [-0.2, 0) is 16.5 Å².